The Morgan fingerprint density at radius 3 is 2.79 bits per heavy atom. The molecule has 1 aromatic carbocycles. The Morgan fingerprint density at radius 2 is 2.11 bits per heavy atom. The first-order valence-corrected chi connectivity index (χ1v) is 6.18. The largest absolute Gasteiger partial charge is 0.439 e. The Morgan fingerprint density at radius 1 is 1.32 bits per heavy atom. The highest BCUT2D eigenvalue weighted by Gasteiger charge is 2.06. The van der Waals surface area contributed by atoms with Crippen LogP contribution in [0.5, 0.6) is 11.6 Å². The van der Waals surface area contributed by atoms with E-state index < -0.39 is 5.82 Å². The normalized spacial score (nSPS) is 10.3. The number of aryl methyl sites for hydroxylation is 1. The van der Waals surface area contributed by atoms with Crippen LogP contribution >= 0.6 is 11.6 Å². The molecule has 1 aromatic heterocycles. The van der Waals surface area contributed by atoms with Crippen LogP contribution in [0, 0.1) is 12.7 Å². The zero-order valence-electron chi connectivity index (χ0n) is 10.6. The molecule has 0 aliphatic carbocycles. The highest BCUT2D eigenvalue weighted by Crippen LogP contribution is 2.26. The third kappa shape index (κ3) is 3.54. The lowest BCUT2D eigenvalue weighted by Crippen LogP contribution is -2.02. The van der Waals surface area contributed by atoms with Crippen molar-refractivity contribution >= 4 is 17.4 Å². The summed E-state index contributed by atoms with van der Waals surface area (Å²) in [5.41, 5.74) is 0. The molecule has 4 nitrogen and oxygen atoms in total. The number of benzene rings is 1. The van der Waals surface area contributed by atoms with Crippen LogP contribution in [0.3, 0.4) is 0 Å². The van der Waals surface area contributed by atoms with E-state index in [1.165, 1.54) is 18.2 Å². The molecule has 1 heterocycles. The lowest BCUT2D eigenvalue weighted by Gasteiger charge is -2.08. The average Bonchev–Trinajstić information content (AvgIpc) is 2.33. The Labute approximate surface area is 115 Å². The zero-order valence-corrected chi connectivity index (χ0v) is 11.3. The minimum absolute atomic E-state index is 0.00943. The lowest BCUT2D eigenvalue weighted by molar-refractivity contribution is 0.458. The van der Waals surface area contributed by atoms with Gasteiger partial charge in [0.15, 0.2) is 0 Å². The topological polar surface area (TPSA) is 47.0 Å². The van der Waals surface area contributed by atoms with Gasteiger partial charge in [0.2, 0.25) is 5.88 Å². The number of nitrogens with zero attached hydrogens (tertiary/aromatic N) is 2. The summed E-state index contributed by atoms with van der Waals surface area (Å²) >= 11 is 5.69. The fourth-order valence-corrected chi connectivity index (χ4v) is 1.70. The van der Waals surface area contributed by atoms with E-state index in [1.54, 1.807) is 13.0 Å². The zero-order chi connectivity index (χ0) is 13.8. The number of ether oxygens (including phenoxy) is 1. The molecule has 1 N–H and O–H groups in total. The van der Waals surface area contributed by atoms with Gasteiger partial charge in [0.1, 0.15) is 23.2 Å². The first-order chi connectivity index (χ1) is 9.08. The average molecular weight is 282 g/mol. The number of hydrogen-bond acceptors (Lipinski definition) is 4. The van der Waals surface area contributed by atoms with Crippen LogP contribution in [-0.2, 0) is 0 Å². The monoisotopic (exact) mass is 281 g/mol. The third-order valence-electron chi connectivity index (χ3n) is 2.29. The first-order valence-electron chi connectivity index (χ1n) is 5.81. The van der Waals surface area contributed by atoms with Gasteiger partial charge in [0.25, 0.3) is 0 Å². The van der Waals surface area contributed by atoms with E-state index in [-0.39, 0.29) is 5.02 Å². The molecule has 19 heavy (non-hydrogen) atoms. The summed E-state index contributed by atoms with van der Waals surface area (Å²) in [6.07, 6.45) is 0. The Hall–Kier alpha value is -1.88. The van der Waals surface area contributed by atoms with Crippen molar-refractivity contribution in [3.63, 3.8) is 0 Å². The minimum Gasteiger partial charge on any atom is -0.439 e. The molecule has 0 amide bonds. The first kappa shape index (κ1) is 13.5. The summed E-state index contributed by atoms with van der Waals surface area (Å²) in [6.45, 7) is 4.49. The van der Waals surface area contributed by atoms with Gasteiger partial charge in [-0.05, 0) is 26.0 Å². The molecule has 2 aromatic rings. The van der Waals surface area contributed by atoms with Gasteiger partial charge in [0, 0.05) is 18.7 Å². The molecule has 0 unspecified atom stereocenters. The van der Waals surface area contributed by atoms with Gasteiger partial charge in [0.05, 0.1) is 5.02 Å². The number of rotatable bonds is 4. The van der Waals surface area contributed by atoms with E-state index in [0.717, 1.165) is 6.54 Å². The minimum atomic E-state index is -0.485. The van der Waals surface area contributed by atoms with Crippen molar-refractivity contribution in [2.45, 2.75) is 13.8 Å². The maximum absolute atomic E-state index is 13.0. The highest BCUT2D eigenvalue weighted by atomic mass is 35.5. The summed E-state index contributed by atoms with van der Waals surface area (Å²) in [5.74, 6) is 1.58. The van der Waals surface area contributed by atoms with Crippen LogP contribution in [0.2, 0.25) is 5.02 Å². The summed E-state index contributed by atoms with van der Waals surface area (Å²) in [4.78, 5) is 8.36. The van der Waals surface area contributed by atoms with Crippen LogP contribution in [0.25, 0.3) is 0 Å². The van der Waals surface area contributed by atoms with Crippen molar-refractivity contribution in [3.8, 4) is 11.6 Å². The maximum atomic E-state index is 13.0. The van der Waals surface area contributed by atoms with Gasteiger partial charge in [-0.25, -0.2) is 9.37 Å². The number of halogens is 2. The predicted octanol–water partition coefficient (Wildman–Crippen LogP) is 3.80. The summed E-state index contributed by atoms with van der Waals surface area (Å²) in [5, 5.41) is 3.09. The summed E-state index contributed by atoms with van der Waals surface area (Å²) < 4.78 is 18.6. The quantitative estimate of drug-likeness (QED) is 0.926. The molecule has 0 atom stereocenters. The van der Waals surface area contributed by atoms with E-state index in [1.807, 2.05) is 6.92 Å². The van der Waals surface area contributed by atoms with E-state index in [2.05, 4.69) is 15.3 Å². The molecule has 0 fully saturated rings. The van der Waals surface area contributed by atoms with Crippen molar-refractivity contribution in [3.05, 3.63) is 40.9 Å². The SMILES string of the molecule is CCNc1cc(Oc2ccc(F)c(Cl)c2)nc(C)n1. The molecule has 100 valence electrons. The van der Waals surface area contributed by atoms with Crippen molar-refractivity contribution in [1.82, 2.24) is 9.97 Å². The smallest absolute Gasteiger partial charge is 0.224 e. The number of nitrogens with one attached hydrogen (secondary N) is 1. The molecule has 0 saturated carbocycles. The Kier molecular flexibility index (Phi) is 4.16. The van der Waals surface area contributed by atoms with E-state index in [9.17, 15) is 4.39 Å². The van der Waals surface area contributed by atoms with Gasteiger partial charge in [-0.15, -0.1) is 0 Å². The molecule has 0 aliphatic heterocycles. The second kappa shape index (κ2) is 5.84. The molecular weight excluding hydrogens is 269 g/mol. The molecule has 0 radical (unpaired) electrons. The molecular formula is C13H13ClFN3O. The van der Waals surface area contributed by atoms with Crippen LogP contribution in [0.15, 0.2) is 24.3 Å². The molecule has 2 rings (SSSR count). The van der Waals surface area contributed by atoms with Gasteiger partial charge >= 0.3 is 0 Å². The van der Waals surface area contributed by atoms with Gasteiger partial charge < -0.3 is 10.1 Å². The van der Waals surface area contributed by atoms with Crippen LogP contribution in [-0.4, -0.2) is 16.5 Å². The fraction of sp³-hybridized carbons (Fsp3) is 0.231. The van der Waals surface area contributed by atoms with Gasteiger partial charge in [-0.3, -0.25) is 0 Å². The van der Waals surface area contributed by atoms with E-state index in [0.29, 0.717) is 23.3 Å². The molecule has 6 heteroatoms. The standard InChI is InChI=1S/C13H13ClFN3O/c1-3-16-12-7-13(18-8(2)17-12)19-9-4-5-11(15)10(14)6-9/h4-7H,3H2,1-2H3,(H,16,17,18). The van der Waals surface area contributed by atoms with Crippen LogP contribution in [0.4, 0.5) is 10.2 Å². The Bertz CT molecular complexity index is 592. The molecule has 0 spiro atoms. The van der Waals surface area contributed by atoms with Crippen molar-refractivity contribution in [2.75, 3.05) is 11.9 Å². The molecule has 0 saturated heterocycles. The highest BCUT2D eigenvalue weighted by molar-refractivity contribution is 6.30. The van der Waals surface area contributed by atoms with Crippen LogP contribution in [0.1, 0.15) is 12.7 Å². The van der Waals surface area contributed by atoms with Crippen molar-refractivity contribution in [2.24, 2.45) is 0 Å². The van der Waals surface area contributed by atoms with E-state index >= 15 is 0 Å². The molecule has 0 bridgehead atoms. The lowest BCUT2D eigenvalue weighted by atomic mass is 10.3. The number of hydrogen-bond donors (Lipinski definition) is 1. The van der Waals surface area contributed by atoms with Gasteiger partial charge in [-0.1, -0.05) is 11.6 Å². The van der Waals surface area contributed by atoms with Crippen LogP contribution < -0.4 is 10.1 Å². The van der Waals surface area contributed by atoms with Crippen molar-refractivity contribution in [1.29, 1.82) is 0 Å². The van der Waals surface area contributed by atoms with E-state index in [4.69, 9.17) is 16.3 Å². The predicted molar refractivity (Wildman–Crippen MR) is 72.4 cm³/mol. The number of aromatic nitrogens is 2. The third-order valence-corrected chi connectivity index (χ3v) is 2.58. The maximum Gasteiger partial charge on any atom is 0.224 e. The summed E-state index contributed by atoms with van der Waals surface area (Å²) in [7, 11) is 0. The fourth-order valence-electron chi connectivity index (χ4n) is 1.53. The van der Waals surface area contributed by atoms with Gasteiger partial charge in [-0.2, -0.15) is 4.98 Å². The Balaban J connectivity index is 2.24. The van der Waals surface area contributed by atoms with Crippen molar-refractivity contribution < 1.29 is 9.13 Å². The molecule has 0 aliphatic rings. The number of anilines is 1. The second-order valence-electron chi connectivity index (χ2n) is 3.85. The second-order valence-corrected chi connectivity index (χ2v) is 4.25. The summed E-state index contributed by atoms with van der Waals surface area (Å²) in [6, 6.07) is 5.82.